The lowest BCUT2D eigenvalue weighted by molar-refractivity contribution is 0.0969. The number of hydrogen-bond acceptors (Lipinski definition) is 3. The second kappa shape index (κ2) is 5.82. The van der Waals surface area contributed by atoms with Crippen molar-refractivity contribution in [3.63, 3.8) is 0 Å². The number of carbonyl (C=O) groups excluding carboxylic acids is 1. The molecule has 20 heavy (non-hydrogen) atoms. The van der Waals surface area contributed by atoms with Gasteiger partial charge in [-0.3, -0.25) is 14.2 Å². The van der Waals surface area contributed by atoms with E-state index in [1.54, 1.807) is 13.8 Å². The summed E-state index contributed by atoms with van der Waals surface area (Å²) in [5.41, 5.74) is 2.29. The van der Waals surface area contributed by atoms with Crippen LogP contribution in [0.1, 0.15) is 34.4 Å². The van der Waals surface area contributed by atoms with Crippen LogP contribution in [0.15, 0.2) is 35.1 Å². The monoisotopic (exact) mass is 270 g/mol. The van der Waals surface area contributed by atoms with Crippen LogP contribution < -0.4 is 5.56 Å². The van der Waals surface area contributed by atoms with Crippen LogP contribution >= 0.6 is 0 Å². The fourth-order valence-corrected chi connectivity index (χ4v) is 2.12. The Labute approximate surface area is 118 Å². The van der Waals surface area contributed by atoms with Gasteiger partial charge in [0.2, 0.25) is 0 Å². The van der Waals surface area contributed by atoms with Crippen molar-refractivity contribution in [3.8, 4) is 0 Å². The normalized spacial score (nSPS) is 10.6. The molecule has 0 aliphatic heterocycles. The molecule has 0 saturated heterocycles. The second-order valence-electron chi connectivity index (χ2n) is 4.84. The molecule has 0 N–H and O–H groups in total. The second-order valence-corrected chi connectivity index (χ2v) is 4.84. The number of Topliss-reactive ketones (excluding diaryl/α,β-unsaturated/α-hetero) is 1. The Kier molecular flexibility index (Phi) is 4.13. The molecule has 4 heteroatoms. The first-order valence-corrected chi connectivity index (χ1v) is 6.68. The molecule has 0 atom stereocenters. The number of rotatable bonds is 4. The lowest BCUT2D eigenvalue weighted by Crippen LogP contribution is -2.27. The number of nitrogens with zero attached hydrogens (tertiary/aromatic N) is 2. The van der Waals surface area contributed by atoms with Gasteiger partial charge >= 0.3 is 0 Å². The zero-order valence-corrected chi connectivity index (χ0v) is 12.0. The maximum atomic E-state index is 12.2. The minimum absolute atomic E-state index is 0.0312. The fraction of sp³-hybridized carbons (Fsp3) is 0.312. The van der Waals surface area contributed by atoms with Crippen molar-refractivity contribution in [1.29, 1.82) is 0 Å². The average molecular weight is 270 g/mol. The summed E-state index contributed by atoms with van der Waals surface area (Å²) in [6.45, 7) is 5.60. The number of benzene rings is 1. The highest BCUT2D eigenvalue weighted by Gasteiger charge is 2.10. The summed E-state index contributed by atoms with van der Waals surface area (Å²) in [7, 11) is 0. The highest BCUT2D eigenvalue weighted by atomic mass is 16.1. The minimum atomic E-state index is -0.187. The maximum Gasteiger partial charge on any atom is 0.254 e. The van der Waals surface area contributed by atoms with Gasteiger partial charge in [0, 0.05) is 17.3 Å². The van der Waals surface area contributed by atoms with Gasteiger partial charge in [-0.25, -0.2) is 4.98 Å². The van der Waals surface area contributed by atoms with Crippen LogP contribution in [0.4, 0.5) is 0 Å². The minimum Gasteiger partial charge on any atom is -0.292 e. The molecule has 0 fully saturated rings. The van der Waals surface area contributed by atoms with Gasteiger partial charge in [0.1, 0.15) is 5.82 Å². The highest BCUT2D eigenvalue weighted by molar-refractivity contribution is 5.95. The molecule has 0 spiro atoms. The molecule has 0 aliphatic rings. The Morgan fingerprint density at radius 2 is 1.85 bits per heavy atom. The van der Waals surface area contributed by atoms with Crippen molar-refractivity contribution >= 4 is 5.78 Å². The topological polar surface area (TPSA) is 52.0 Å². The van der Waals surface area contributed by atoms with Gasteiger partial charge in [-0.2, -0.15) is 0 Å². The van der Waals surface area contributed by atoms with Gasteiger partial charge < -0.3 is 0 Å². The number of carbonyl (C=O) groups is 1. The van der Waals surface area contributed by atoms with E-state index in [4.69, 9.17) is 0 Å². The predicted octanol–water partition coefficient (Wildman–Crippen LogP) is 2.31. The summed E-state index contributed by atoms with van der Waals surface area (Å²) >= 11 is 0. The maximum absolute atomic E-state index is 12.2. The smallest absolute Gasteiger partial charge is 0.254 e. The van der Waals surface area contributed by atoms with Crippen molar-refractivity contribution in [3.05, 3.63) is 63.3 Å². The lowest BCUT2D eigenvalue weighted by Gasteiger charge is -2.09. The Hall–Kier alpha value is -2.23. The first-order valence-electron chi connectivity index (χ1n) is 6.68. The molecule has 4 nitrogen and oxygen atoms in total. The van der Waals surface area contributed by atoms with Gasteiger partial charge in [-0.05, 0) is 25.8 Å². The summed E-state index contributed by atoms with van der Waals surface area (Å²) in [4.78, 5) is 28.3. The SMILES string of the molecule is CCc1ccc(C(=O)Cn2c(C)nc(C)cc2=O)cc1. The van der Waals surface area contributed by atoms with Crippen LogP contribution in [0.5, 0.6) is 0 Å². The van der Waals surface area contributed by atoms with E-state index in [1.165, 1.54) is 16.2 Å². The average Bonchev–Trinajstić information content (AvgIpc) is 2.42. The molecule has 0 aliphatic carbocycles. The van der Waals surface area contributed by atoms with Crippen LogP contribution in [0.2, 0.25) is 0 Å². The molecular weight excluding hydrogens is 252 g/mol. The third-order valence-corrected chi connectivity index (χ3v) is 3.31. The summed E-state index contributed by atoms with van der Waals surface area (Å²) in [6.07, 6.45) is 0.939. The Morgan fingerprint density at radius 3 is 2.40 bits per heavy atom. The molecule has 104 valence electrons. The van der Waals surface area contributed by atoms with Crippen molar-refractivity contribution in [2.45, 2.75) is 33.7 Å². The molecular formula is C16H18N2O2. The van der Waals surface area contributed by atoms with E-state index >= 15 is 0 Å². The van der Waals surface area contributed by atoms with Gasteiger partial charge in [0.15, 0.2) is 5.78 Å². The molecule has 1 aromatic heterocycles. The van der Waals surface area contributed by atoms with E-state index < -0.39 is 0 Å². The molecule has 0 bridgehead atoms. The quantitative estimate of drug-likeness (QED) is 0.801. The lowest BCUT2D eigenvalue weighted by atomic mass is 10.1. The third-order valence-electron chi connectivity index (χ3n) is 3.31. The molecule has 1 aromatic carbocycles. The van der Waals surface area contributed by atoms with Crippen LogP contribution in [-0.4, -0.2) is 15.3 Å². The van der Waals surface area contributed by atoms with Crippen LogP contribution in [0.25, 0.3) is 0 Å². The Balaban J connectivity index is 2.25. The van der Waals surface area contributed by atoms with E-state index in [9.17, 15) is 9.59 Å². The van der Waals surface area contributed by atoms with E-state index in [0.717, 1.165) is 6.42 Å². The van der Waals surface area contributed by atoms with Crippen LogP contribution in [0, 0.1) is 13.8 Å². The third kappa shape index (κ3) is 3.02. The van der Waals surface area contributed by atoms with Crippen LogP contribution in [0.3, 0.4) is 0 Å². The summed E-state index contributed by atoms with van der Waals surface area (Å²) < 4.78 is 1.41. The zero-order chi connectivity index (χ0) is 14.7. The number of ketones is 1. The molecule has 0 amide bonds. The summed E-state index contributed by atoms with van der Waals surface area (Å²) in [6, 6.07) is 8.94. The highest BCUT2D eigenvalue weighted by Crippen LogP contribution is 2.07. The Morgan fingerprint density at radius 1 is 1.20 bits per heavy atom. The first-order chi connectivity index (χ1) is 9.51. The zero-order valence-electron chi connectivity index (χ0n) is 12.0. The molecule has 1 heterocycles. The van der Waals surface area contributed by atoms with Crippen molar-refractivity contribution in [1.82, 2.24) is 9.55 Å². The van der Waals surface area contributed by atoms with Gasteiger partial charge in [-0.1, -0.05) is 31.2 Å². The summed E-state index contributed by atoms with van der Waals surface area (Å²) in [5.74, 6) is 0.483. The van der Waals surface area contributed by atoms with E-state index in [0.29, 0.717) is 17.1 Å². The summed E-state index contributed by atoms with van der Waals surface area (Å²) in [5, 5.41) is 0. The van der Waals surface area contributed by atoms with Crippen molar-refractivity contribution < 1.29 is 4.79 Å². The van der Waals surface area contributed by atoms with Gasteiger partial charge in [-0.15, -0.1) is 0 Å². The molecule has 0 radical (unpaired) electrons. The molecule has 0 saturated carbocycles. The first kappa shape index (κ1) is 14.2. The largest absolute Gasteiger partial charge is 0.292 e. The van der Waals surface area contributed by atoms with E-state index in [1.807, 2.05) is 24.3 Å². The molecule has 2 aromatic rings. The van der Waals surface area contributed by atoms with E-state index in [2.05, 4.69) is 11.9 Å². The number of aryl methyl sites for hydroxylation is 3. The Bertz CT molecular complexity index is 685. The standard InChI is InChI=1S/C16H18N2O2/c1-4-13-5-7-14(8-6-13)15(19)10-18-12(3)17-11(2)9-16(18)20/h5-9H,4,10H2,1-3H3. The molecule has 0 unspecified atom stereocenters. The van der Waals surface area contributed by atoms with Crippen molar-refractivity contribution in [2.75, 3.05) is 0 Å². The molecule has 2 rings (SSSR count). The number of hydrogen-bond donors (Lipinski definition) is 0. The van der Waals surface area contributed by atoms with Crippen LogP contribution in [-0.2, 0) is 13.0 Å². The number of aromatic nitrogens is 2. The fourth-order valence-electron chi connectivity index (χ4n) is 2.12. The van der Waals surface area contributed by atoms with Crippen molar-refractivity contribution in [2.24, 2.45) is 0 Å². The van der Waals surface area contributed by atoms with Gasteiger partial charge in [0.25, 0.3) is 5.56 Å². The van der Waals surface area contributed by atoms with Gasteiger partial charge in [0.05, 0.1) is 6.54 Å². The van der Waals surface area contributed by atoms with E-state index in [-0.39, 0.29) is 17.9 Å². The predicted molar refractivity (Wildman–Crippen MR) is 78.1 cm³/mol.